The molecule has 2 aromatic rings. The van der Waals surface area contributed by atoms with Gasteiger partial charge in [-0.3, -0.25) is 4.79 Å². The van der Waals surface area contributed by atoms with Gasteiger partial charge in [-0.15, -0.1) is 0 Å². The van der Waals surface area contributed by atoms with Crippen molar-refractivity contribution in [1.82, 2.24) is 9.55 Å². The third-order valence-corrected chi connectivity index (χ3v) is 2.55. The van der Waals surface area contributed by atoms with Crippen molar-refractivity contribution in [3.63, 3.8) is 0 Å². The van der Waals surface area contributed by atoms with E-state index in [1.807, 2.05) is 0 Å². The van der Waals surface area contributed by atoms with Gasteiger partial charge in [0, 0.05) is 12.1 Å². The first-order valence-electron chi connectivity index (χ1n) is 4.39. The maximum absolute atomic E-state index is 11.5. The number of aromatic nitrogens is 2. The molecule has 2 rings (SSSR count). The summed E-state index contributed by atoms with van der Waals surface area (Å²) in [6.45, 7) is -0.270. The molecule has 0 saturated heterocycles. The van der Waals surface area contributed by atoms with Crippen molar-refractivity contribution >= 4 is 22.5 Å². The van der Waals surface area contributed by atoms with Gasteiger partial charge in [0.1, 0.15) is 12.4 Å². The lowest BCUT2D eigenvalue weighted by atomic mass is 10.2. The van der Waals surface area contributed by atoms with Crippen molar-refractivity contribution in [3.05, 3.63) is 39.4 Å². The molecule has 0 spiro atoms. The molecule has 0 amide bonds. The highest BCUT2D eigenvalue weighted by atomic mass is 35.5. The SMILES string of the molecule is Cn1c(CO)nc(=O)c2ccc(Cl)cc21. The Labute approximate surface area is 90.8 Å². The van der Waals surface area contributed by atoms with E-state index in [2.05, 4.69) is 4.98 Å². The predicted octanol–water partition coefficient (Wildman–Crippen LogP) is 1.08. The van der Waals surface area contributed by atoms with Crippen molar-refractivity contribution in [2.45, 2.75) is 6.61 Å². The first-order valence-corrected chi connectivity index (χ1v) is 4.77. The van der Waals surface area contributed by atoms with Crippen LogP contribution in [0.2, 0.25) is 5.02 Å². The van der Waals surface area contributed by atoms with E-state index < -0.39 is 0 Å². The molecule has 0 saturated carbocycles. The minimum absolute atomic E-state index is 0.270. The van der Waals surface area contributed by atoms with Crippen molar-refractivity contribution in [2.24, 2.45) is 7.05 Å². The van der Waals surface area contributed by atoms with E-state index in [9.17, 15) is 4.79 Å². The standard InChI is InChI=1S/C10H9ClN2O2/c1-13-8-4-6(11)2-3-7(8)10(15)12-9(13)5-14/h2-4,14H,5H2,1H3. The number of hydrogen-bond donors (Lipinski definition) is 1. The molecule has 0 bridgehead atoms. The van der Waals surface area contributed by atoms with Crippen molar-refractivity contribution in [2.75, 3.05) is 0 Å². The molecule has 78 valence electrons. The number of nitrogens with zero attached hydrogens (tertiary/aromatic N) is 2. The Balaban J connectivity index is 2.94. The molecule has 5 heteroatoms. The molecule has 0 fully saturated rings. The van der Waals surface area contributed by atoms with Crippen LogP contribution in [0.15, 0.2) is 23.0 Å². The van der Waals surface area contributed by atoms with E-state index in [0.29, 0.717) is 21.7 Å². The quantitative estimate of drug-likeness (QED) is 0.789. The highest BCUT2D eigenvalue weighted by molar-refractivity contribution is 6.31. The van der Waals surface area contributed by atoms with E-state index >= 15 is 0 Å². The Kier molecular flexibility index (Phi) is 2.46. The molecule has 0 aliphatic carbocycles. The molecule has 0 aliphatic heterocycles. The Hall–Kier alpha value is -1.39. The van der Waals surface area contributed by atoms with Gasteiger partial charge >= 0.3 is 0 Å². The van der Waals surface area contributed by atoms with E-state index in [0.717, 1.165) is 0 Å². The molecule has 0 unspecified atom stereocenters. The van der Waals surface area contributed by atoms with E-state index in [1.54, 1.807) is 29.8 Å². The number of halogens is 1. The second-order valence-electron chi connectivity index (χ2n) is 3.21. The molecule has 1 aromatic heterocycles. The topological polar surface area (TPSA) is 55.1 Å². The monoisotopic (exact) mass is 224 g/mol. The van der Waals surface area contributed by atoms with Crippen LogP contribution >= 0.6 is 11.6 Å². The molecular formula is C10H9ClN2O2. The number of aliphatic hydroxyl groups excluding tert-OH is 1. The summed E-state index contributed by atoms with van der Waals surface area (Å²) in [5.74, 6) is 0.328. The maximum atomic E-state index is 11.5. The Morgan fingerprint density at radius 2 is 2.27 bits per heavy atom. The summed E-state index contributed by atoms with van der Waals surface area (Å²) < 4.78 is 1.66. The van der Waals surface area contributed by atoms with Gasteiger partial charge in [-0.2, -0.15) is 4.98 Å². The number of benzene rings is 1. The average Bonchev–Trinajstić information content (AvgIpc) is 2.23. The van der Waals surface area contributed by atoms with Gasteiger partial charge in [-0.1, -0.05) is 11.6 Å². The molecule has 0 aliphatic rings. The minimum atomic E-state index is -0.344. The van der Waals surface area contributed by atoms with Crippen molar-refractivity contribution in [3.8, 4) is 0 Å². The van der Waals surface area contributed by atoms with Crippen LogP contribution in [0.1, 0.15) is 5.82 Å². The third-order valence-electron chi connectivity index (χ3n) is 2.31. The fourth-order valence-corrected chi connectivity index (χ4v) is 1.66. The number of fused-ring (bicyclic) bond motifs is 1. The summed E-state index contributed by atoms with van der Waals surface area (Å²) >= 11 is 5.84. The fourth-order valence-electron chi connectivity index (χ4n) is 1.50. The lowest BCUT2D eigenvalue weighted by molar-refractivity contribution is 0.266. The number of hydrogen-bond acceptors (Lipinski definition) is 3. The van der Waals surface area contributed by atoms with Crippen molar-refractivity contribution in [1.29, 1.82) is 0 Å². The summed E-state index contributed by atoms with van der Waals surface area (Å²) in [5.41, 5.74) is 0.329. The molecule has 4 nitrogen and oxygen atoms in total. The van der Waals surface area contributed by atoms with Crippen LogP contribution in [0.25, 0.3) is 10.9 Å². The highest BCUT2D eigenvalue weighted by Gasteiger charge is 2.07. The Morgan fingerprint density at radius 3 is 2.93 bits per heavy atom. The van der Waals surface area contributed by atoms with E-state index in [1.165, 1.54) is 0 Å². The molecule has 0 atom stereocenters. The molecule has 0 radical (unpaired) electrons. The maximum Gasteiger partial charge on any atom is 0.280 e. The van der Waals surface area contributed by atoms with Crippen LogP contribution in [-0.4, -0.2) is 14.7 Å². The van der Waals surface area contributed by atoms with Gasteiger partial charge in [0.05, 0.1) is 10.9 Å². The van der Waals surface area contributed by atoms with Crippen LogP contribution in [0.5, 0.6) is 0 Å². The van der Waals surface area contributed by atoms with Crippen LogP contribution in [0.4, 0.5) is 0 Å². The van der Waals surface area contributed by atoms with Gasteiger partial charge < -0.3 is 9.67 Å². The van der Waals surface area contributed by atoms with Crippen LogP contribution in [0.3, 0.4) is 0 Å². The summed E-state index contributed by atoms with van der Waals surface area (Å²) in [6.07, 6.45) is 0. The largest absolute Gasteiger partial charge is 0.388 e. The van der Waals surface area contributed by atoms with Gasteiger partial charge in [-0.05, 0) is 18.2 Å². The Morgan fingerprint density at radius 1 is 1.53 bits per heavy atom. The molecule has 1 heterocycles. The highest BCUT2D eigenvalue weighted by Crippen LogP contribution is 2.16. The predicted molar refractivity (Wildman–Crippen MR) is 57.9 cm³/mol. The van der Waals surface area contributed by atoms with Crippen LogP contribution in [-0.2, 0) is 13.7 Å². The fraction of sp³-hybridized carbons (Fsp3) is 0.200. The van der Waals surface area contributed by atoms with E-state index in [4.69, 9.17) is 16.7 Å². The zero-order chi connectivity index (χ0) is 11.0. The number of rotatable bonds is 1. The Bertz CT molecular complexity index is 577. The van der Waals surface area contributed by atoms with Crippen LogP contribution < -0.4 is 5.56 Å². The third kappa shape index (κ3) is 1.62. The smallest absolute Gasteiger partial charge is 0.280 e. The first-order chi connectivity index (χ1) is 7.13. The zero-order valence-electron chi connectivity index (χ0n) is 8.07. The minimum Gasteiger partial charge on any atom is -0.388 e. The summed E-state index contributed by atoms with van der Waals surface area (Å²) in [4.78, 5) is 15.3. The first kappa shape index (κ1) is 10.1. The van der Waals surface area contributed by atoms with Crippen molar-refractivity contribution < 1.29 is 5.11 Å². The summed E-state index contributed by atoms with van der Waals surface area (Å²) in [5, 5.41) is 10.1. The normalized spacial score (nSPS) is 10.9. The second-order valence-corrected chi connectivity index (χ2v) is 3.65. The number of aryl methyl sites for hydroxylation is 1. The van der Waals surface area contributed by atoms with Crippen LogP contribution in [0, 0.1) is 0 Å². The molecule has 1 N–H and O–H groups in total. The summed E-state index contributed by atoms with van der Waals surface area (Å²) in [6, 6.07) is 4.96. The van der Waals surface area contributed by atoms with Gasteiger partial charge in [0.15, 0.2) is 0 Å². The van der Waals surface area contributed by atoms with Gasteiger partial charge in [-0.25, -0.2) is 0 Å². The van der Waals surface area contributed by atoms with E-state index in [-0.39, 0.29) is 12.2 Å². The number of aliphatic hydroxyl groups is 1. The zero-order valence-corrected chi connectivity index (χ0v) is 8.82. The summed E-state index contributed by atoms with van der Waals surface area (Å²) in [7, 11) is 1.73. The lowest BCUT2D eigenvalue weighted by Gasteiger charge is -2.08. The molecule has 1 aromatic carbocycles. The van der Waals surface area contributed by atoms with Gasteiger partial charge in [0.2, 0.25) is 0 Å². The molecule has 15 heavy (non-hydrogen) atoms. The average molecular weight is 225 g/mol. The second kappa shape index (κ2) is 3.64. The lowest BCUT2D eigenvalue weighted by Crippen LogP contribution is -2.16. The molecular weight excluding hydrogens is 216 g/mol. The van der Waals surface area contributed by atoms with Gasteiger partial charge in [0.25, 0.3) is 5.56 Å².